The molecule has 2 heterocycles. The highest BCUT2D eigenvalue weighted by Crippen LogP contribution is 2.35. The number of methoxy groups -OCH3 is 2. The number of rotatable bonds is 6. The smallest absolute Gasteiger partial charge is 0.286 e. The summed E-state index contributed by atoms with van der Waals surface area (Å²) in [5, 5.41) is 11.5. The number of aryl methyl sites for hydroxylation is 1. The second kappa shape index (κ2) is 8.15. The average molecular weight is 389 g/mol. The van der Waals surface area contributed by atoms with E-state index in [9.17, 15) is 14.9 Å². The van der Waals surface area contributed by atoms with Gasteiger partial charge in [0.25, 0.3) is 11.6 Å². The van der Waals surface area contributed by atoms with Crippen molar-refractivity contribution in [2.75, 3.05) is 45.3 Å². The summed E-state index contributed by atoms with van der Waals surface area (Å²) >= 11 is 0. The van der Waals surface area contributed by atoms with Crippen LogP contribution in [0, 0.1) is 10.1 Å². The van der Waals surface area contributed by atoms with Crippen molar-refractivity contribution in [3.05, 3.63) is 40.2 Å². The number of benzene rings is 1. The molecule has 0 radical (unpaired) electrons. The van der Waals surface area contributed by atoms with Gasteiger partial charge < -0.3 is 23.8 Å². The Bertz CT molecular complexity index is 873. The molecule has 2 aromatic rings. The Kier molecular flexibility index (Phi) is 5.67. The highest BCUT2D eigenvalue weighted by atomic mass is 16.6. The van der Waals surface area contributed by atoms with Crippen LogP contribution < -0.4 is 14.4 Å². The Morgan fingerprint density at radius 2 is 1.82 bits per heavy atom. The third kappa shape index (κ3) is 3.57. The molecule has 0 unspecified atom stereocenters. The number of amides is 1. The van der Waals surface area contributed by atoms with Crippen molar-refractivity contribution >= 4 is 17.5 Å². The van der Waals surface area contributed by atoms with Crippen LogP contribution in [0.3, 0.4) is 0 Å². The Morgan fingerprint density at radius 1 is 1.18 bits per heavy atom. The lowest BCUT2D eigenvalue weighted by Gasteiger charge is -2.35. The zero-order chi connectivity index (χ0) is 20.3. The number of nitro benzene ring substituents is 1. The van der Waals surface area contributed by atoms with Gasteiger partial charge in [-0.1, -0.05) is 0 Å². The molecule has 1 aromatic carbocycles. The van der Waals surface area contributed by atoms with E-state index < -0.39 is 10.8 Å². The van der Waals surface area contributed by atoms with Crippen LogP contribution in [-0.4, -0.2) is 65.7 Å². The molecule has 0 saturated carbocycles. The molecule has 0 bridgehead atoms. The predicted molar refractivity (Wildman–Crippen MR) is 102 cm³/mol. The van der Waals surface area contributed by atoms with Gasteiger partial charge in [-0.3, -0.25) is 14.9 Å². The van der Waals surface area contributed by atoms with Crippen LogP contribution in [0.2, 0.25) is 0 Å². The fraction of sp³-hybridized carbons (Fsp3) is 0.444. The van der Waals surface area contributed by atoms with E-state index in [2.05, 4.69) is 9.88 Å². The van der Waals surface area contributed by atoms with Gasteiger partial charge in [0, 0.05) is 51.2 Å². The maximum absolute atomic E-state index is 13.0. The van der Waals surface area contributed by atoms with Crippen molar-refractivity contribution in [1.82, 2.24) is 14.5 Å². The molecular formula is C18H23N5O5. The number of carbonyl (C=O) groups excluding carboxylic acids is 1. The molecule has 3 rings (SSSR count). The Morgan fingerprint density at radius 3 is 2.39 bits per heavy atom. The van der Waals surface area contributed by atoms with E-state index in [4.69, 9.17) is 9.47 Å². The Hall–Kier alpha value is -3.30. The minimum absolute atomic E-state index is 0.00819. The topological polar surface area (TPSA) is 103 Å². The van der Waals surface area contributed by atoms with Crippen molar-refractivity contribution in [1.29, 1.82) is 0 Å². The quantitative estimate of drug-likeness (QED) is 0.548. The minimum Gasteiger partial charge on any atom is -0.493 e. The van der Waals surface area contributed by atoms with Crippen LogP contribution in [0.4, 0.5) is 11.6 Å². The van der Waals surface area contributed by atoms with E-state index in [0.29, 0.717) is 26.2 Å². The largest absolute Gasteiger partial charge is 0.493 e. The summed E-state index contributed by atoms with van der Waals surface area (Å²) in [5.74, 6) is 0.958. The van der Waals surface area contributed by atoms with E-state index in [0.717, 1.165) is 12.5 Å². The first-order valence-corrected chi connectivity index (χ1v) is 8.95. The molecular weight excluding hydrogens is 366 g/mol. The Balaban J connectivity index is 1.80. The minimum atomic E-state index is -0.580. The first-order chi connectivity index (χ1) is 13.5. The summed E-state index contributed by atoms with van der Waals surface area (Å²) < 4.78 is 12.4. The maximum atomic E-state index is 13.0. The van der Waals surface area contributed by atoms with Gasteiger partial charge in [0.1, 0.15) is 5.56 Å². The molecule has 0 atom stereocenters. The van der Waals surface area contributed by atoms with Gasteiger partial charge in [-0.15, -0.1) is 0 Å². The van der Waals surface area contributed by atoms with Crippen molar-refractivity contribution in [2.45, 2.75) is 13.5 Å². The number of ether oxygens (including phenoxy) is 2. The number of hydrogen-bond donors (Lipinski definition) is 0. The number of nitrogens with zero attached hydrogens (tertiary/aromatic N) is 5. The van der Waals surface area contributed by atoms with Crippen molar-refractivity contribution in [2.24, 2.45) is 0 Å². The van der Waals surface area contributed by atoms with E-state index in [1.807, 2.05) is 17.7 Å². The van der Waals surface area contributed by atoms with Crippen LogP contribution in [0.5, 0.6) is 11.5 Å². The third-order valence-corrected chi connectivity index (χ3v) is 4.81. The van der Waals surface area contributed by atoms with Gasteiger partial charge >= 0.3 is 0 Å². The number of imidazole rings is 1. The number of anilines is 1. The molecule has 1 aliphatic heterocycles. The molecule has 10 nitrogen and oxygen atoms in total. The number of piperazine rings is 1. The normalized spacial score (nSPS) is 14.1. The summed E-state index contributed by atoms with van der Waals surface area (Å²) in [6, 6.07) is 2.59. The van der Waals surface area contributed by atoms with Crippen LogP contribution in [0.1, 0.15) is 17.3 Å². The second-order valence-electron chi connectivity index (χ2n) is 6.27. The lowest BCUT2D eigenvalue weighted by molar-refractivity contribution is -0.385. The molecule has 28 heavy (non-hydrogen) atoms. The molecule has 0 N–H and O–H groups in total. The van der Waals surface area contributed by atoms with Crippen molar-refractivity contribution in [3.8, 4) is 11.5 Å². The zero-order valence-electron chi connectivity index (χ0n) is 16.1. The van der Waals surface area contributed by atoms with Gasteiger partial charge in [0.2, 0.25) is 5.95 Å². The summed E-state index contributed by atoms with van der Waals surface area (Å²) in [4.78, 5) is 32.0. The fourth-order valence-corrected chi connectivity index (χ4v) is 3.30. The van der Waals surface area contributed by atoms with E-state index in [1.165, 1.54) is 26.4 Å². The van der Waals surface area contributed by atoms with Crippen LogP contribution in [0.25, 0.3) is 0 Å². The molecule has 150 valence electrons. The van der Waals surface area contributed by atoms with Crippen LogP contribution in [0.15, 0.2) is 24.5 Å². The summed E-state index contributed by atoms with van der Waals surface area (Å²) in [7, 11) is 2.81. The van der Waals surface area contributed by atoms with E-state index in [1.54, 1.807) is 11.1 Å². The van der Waals surface area contributed by atoms with Gasteiger partial charge in [0.05, 0.1) is 25.2 Å². The molecule has 1 amide bonds. The molecule has 1 saturated heterocycles. The number of aromatic nitrogens is 2. The summed E-state index contributed by atoms with van der Waals surface area (Å²) in [5.41, 5.74) is -0.308. The lowest BCUT2D eigenvalue weighted by Crippen LogP contribution is -2.49. The summed E-state index contributed by atoms with van der Waals surface area (Å²) in [6.45, 7) is 4.95. The van der Waals surface area contributed by atoms with Gasteiger partial charge in [-0.2, -0.15) is 0 Å². The molecule has 1 fully saturated rings. The van der Waals surface area contributed by atoms with Gasteiger partial charge in [-0.25, -0.2) is 4.98 Å². The number of nitro groups is 1. The van der Waals surface area contributed by atoms with Gasteiger partial charge in [0.15, 0.2) is 11.5 Å². The molecule has 0 aliphatic carbocycles. The Labute approximate surface area is 162 Å². The first-order valence-electron chi connectivity index (χ1n) is 8.95. The third-order valence-electron chi connectivity index (χ3n) is 4.81. The predicted octanol–water partition coefficient (Wildman–Crippen LogP) is 1.79. The standard InChI is InChI=1S/C18H23N5O5/c1-4-20-6-5-19-18(20)22-9-7-21(8-10-22)17(24)13-11-15(27-2)16(28-3)12-14(13)23(25)26/h5-6,11-12H,4,7-10H2,1-3H3. The highest BCUT2D eigenvalue weighted by molar-refractivity contribution is 5.99. The van der Waals surface area contributed by atoms with Crippen LogP contribution >= 0.6 is 0 Å². The van der Waals surface area contributed by atoms with E-state index in [-0.39, 0.29) is 22.7 Å². The first kappa shape index (κ1) is 19.5. The molecule has 10 heteroatoms. The molecule has 1 aliphatic rings. The lowest BCUT2D eigenvalue weighted by atomic mass is 10.1. The number of hydrogen-bond acceptors (Lipinski definition) is 7. The SMILES string of the molecule is CCn1ccnc1N1CCN(C(=O)c2cc(OC)c(OC)cc2[N+](=O)[O-])CC1. The van der Waals surface area contributed by atoms with Crippen LogP contribution in [-0.2, 0) is 6.54 Å². The fourth-order valence-electron chi connectivity index (χ4n) is 3.30. The summed E-state index contributed by atoms with van der Waals surface area (Å²) in [6.07, 6.45) is 3.67. The number of carbonyl (C=O) groups is 1. The van der Waals surface area contributed by atoms with Crippen molar-refractivity contribution in [3.63, 3.8) is 0 Å². The second-order valence-corrected chi connectivity index (χ2v) is 6.27. The molecule has 0 spiro atoms. The average Bonchev–Trinajstić information content (AvgIpc) is 3.21. The van der Waals surface area contributed by atoms with Gasteiger partial charge in [-0.05, 0) is 6.92 Å². The van der Waals surface area contributed by atoms with Crippen molar-refractivity contribution < 1.29 is 19.2 Å². The molecule has 1 aromatic heterocycles. The monoisotopic (exact) mass is 389 g/mol. The maximum Gasteiger partial charge on any atom is 0.286 e. The van der Waals surface area contributed by atoms with E-state index >= 15 is 0 Å². The highest BCUT2D eigenvalue weighted by Gasteiger charge is 2.30. The zero-order valence-corrected chi connectivity index (χ0v) is 16.1.